The molecule has 0 unspecified atom stereocenters. The quantitative estimate of drug-likeness (QED) is 0.137. The van der Waals surface area contributed by atoms with Crippen LogP contribution in [-0.2, 0) is 0 Å². The van der Waals surface area contributed by atoms with Crippen molar-refractivity contribution >= 4 is 53.9 Å². The van der Waals surface area contributed by atoms with Gasteiger partial charge in [0, 0.05) is 0 Å². The minimum absolute atomic E-state index is 0.200. The summed E-state index contributed by atoms with van der Waals surface area (Å²) in [6, 6.07) is 51.9. The summed E-state index contributed by atoms with van der Waals surface area (Å²) >= 11 is 0. The Morgan fingerprint density at radius 2 is 0.750 bits per heavy atom. The molecular weight excluding hydrogens is 577 g/mol. The Bertz CT molecular complexity index is 2990. The fraction of sp³-hybridized carbons (Fsp3) is 0. The summed E-state index contributed by atoms with van der Waals surface area (Å²) in [6.07, 6.45) is 0. The van der Waals surface area contributed by atoms with E-state index in [4.69, 9.17) is 6.85 Å². The molecule has 0 amide bonds. The predicted molar refractivity (Wildman–Crippen MR) is 207 cm³/mol. The van der Waals surface area contributed by atoms with Gasteiger partial charge in [-0.2, -0.15) is 0 Å². The molecule has 0 heteroatoms. The molecule has 0 aliphatic rings. The second-order valence-corrected chi connectivity index (χ2v) is 12.5. The van der Waals surface area contributed by atoms with Crippen molar-refractivity contribution in [1.82, 2.24) is 0 Å². The zero-order valence-corrected chi connectivity index (χ0v) is 25.9. The van der Waals surface area contributed by atoms with Crippen LogP contribution >= 0.6 is 0 Å². The van der Waals surface area contributed by atoms with Crippen LogP contribution in [0.1, 0.15) is 6.85 Å². The lowest BCUT2D eigenvalue weighted by molar-refractivity contribution is 1.60. The lowest BCUT2D eigenvalue weighted by Crippen LogP contribution is -1.90. The number of hydrogen-bond acceptors (Lipinski definition) is 0. The molecular formula is C48H30. The molecule has 0 aromatic heterocycles. The molecule has 0 atom stereocenters. The van der Waals surface area contributed by atoms with Gasteiger partial charge in [0.05, 0.1) is 6.85 Å². The number of fused-ring (bicyclic) bond motifs is 2. The van der Waals surface area contributed by atoms with Crippen molar-refractivity contribution in [3.05, 3.63) is 182 Å². The molecule has 10 rings (SSSR count). The SMILES string of the molecule is [2H]c1c([2H])c([2H])c(-c2c3ccccc3c(-c3ccc(-c4ccc(-c5ccc6ccc7cccc8ccc5c6c78)cc4)cc3)c3ccccc23)c([2H])c1[2H]. The molecule has 0 fully saturated rings. The molecule has 0 aliphatic carbocycles. The van der Waals surface area contributed by atoms with Gasteiger partial charge in [0.15, 0.2) is 0 Å². The monoisotopic (exact) mass is 611 g/mol. The highest BCUT2D eigenvalue weighted by atomic mass is 14.2. The van der Waals surface area contributed by atoms with Gasteiger partial charge in [-0.15, -0.1) is 0 Å². The number of hydrogen-bond donors (Lipinski definition) is 0. The Morgan fingerprint density at radius 3 is 1.33 bits per heavy atom. The van der Waals surface area contributed by atoms with Crippen LogP contribution in [0.15, 0.2) is 182 Å². The van der Waals surface area contributed by atoms with E-state index >= 15 is 0 Å². The first-order valence-electron chi connectivity index (χ1n) is 18.8. The zero-order chi connectivity index (χ0) is 36.0. The molecule has 0 heterocycles. The normalized spacial score (nSPS) is 13.2. The molecule has 10 aromatic rings. The van der Waals surface area contributed by atoms with Crippen LogP contribution in [0.25, 0.3) is 98.4 Å². The molecule has 0 spiro atoms. The molecule has 0 aliphatic heterocycles. The van der Waals surface area contributed by atoms with E-state index < -0.39 is 6.04 Å². The second-order valence-electron chi connectivity index (χ2n) is 12.5. The third-order valence-corrected chi connectivity index (χ3v) is 9.91. The van der Waals surface area contributed by atoms with Crippen LogP contribution in [-0.4, -0.2) is 0 Å². The van der Waals surface area contributed by atoms with Crippen LogP contribution < -0.4 is 0 Å². The first kappa shape index (κ1) is 22.3. The molecule has 0 bridgehead atoms. The Kier molecular flexibility index (Phi) is 4.95. The summed E-state index contributed by atoms with van der Waals surface area (Å²) in [6.45, 7) is 0. The molecule has 0 N–H and O–H groups in total. The zero-order valence-electron chi connectivity index (χ0n) is 30.9. The summed E-state index contributed by atoms with van der Waals surface area (Å²) in [7, 11) is 0. The van der Waals surface area contributed by atoms with Gasteiger partial charge in [-0.1, -0.05) is 182 Å². The van der Waals surface area contributed by atoms with E-state index in [1.807, 2.05) is 36.4 Å². The Hall–Kier alpha value is -6.24. The van der Waals surface area contributed by atoms with Crippen molar-refractivity contribution < 1.29 is 6.85 Å². The molecule has 0 radical (unpaired) electrons. The fourth-order valence-corrected chi connectivity index (χ4v) is 7.74. The maximum Gasteiger partial charge on any atom is 0.0629 e. The van der Waals surface area contributed by atoms with Crippen LogP contribution in [0.2, 0.25) is 0 Å². The van der Waals surface area contributed by atoms with E-state index in [0.29, 0.717) is 5.56 Å². The van der Waals surface area contributed by atoms with Gasteiger partial charge in [0.2, 0.25) is 0 Å². The lowest BCUT2D eigenvalue weighted by Gasteiger charge is -2.18. The second kappa shape index (κ2) is 10.7. The average Bonchev–Trinajstić information content (AvgIpc) is 3.21. The molecule has 48 heavy (non-hydrogen) atoms. The predicted octanol–water partition coefficient (Wildman–Crippen LogP) is 13.6. The summed E-state index contributed by atoms with van der Waals surface area (Å²) in [5, 5.41) is 11.3. The van der Waals surface area contributed by atoms with Crippen molar-refractivity contribution in [2.75, 3.05) is 0 Å². The average molecular weight is 612 g/mol. The fourth-order valence-electron chi connectivity index (χ4n) is 7.74. The minimum atomic E-state index is -0.392. The van der Waals surface area contributed by atoms with E-state index in [9.17, 15) is 0 Å². The van der Waals surface area contributed by atoms with Crippen molar-refractivity contribution in [2.24, 2.45) is 0 Å². The van der Waals surface area contributed by atoms with Crippen molar-refractivity contribution in [2.45, 2.75) is 0 Å². The third kappa shape index (κ3) is 4.10. The maximum absolute atomic E-state index is 8.82. The summed E-state index contributed by atoms with van der Waals surface area (Å²) < 4.78 is 42.6. The largest absolute Gasteiger partial charge is 0.0629 e. The molecule has 10 aromatic carbocycles. The molecule has 0 saturated carbocycles. The topological polar surface area (TPSA) is 0 Å². The van der Waals surface area contributed by atoms with E-state index in [0.717, 1.165) is 43.8 Å². The van der Waals surface area contributed by atoms with Crippen LogP contribution in [0, 0.1) is 0 Å². The Balaban J connectivity index is 1.07. The maximum atomic E-state index is 8.82. The van der Waals surface area contributed by atoms with E-state index in [1.54, 1.807) is 0 Å². The van der Waals surface area contributed by atoms with Crippen LogP contribution in [0.5, 0.6) is 0 Å². The minimum Gasteiger partial charge on any atom is -0.0622 e. The van der Waals surface area contributed by atoms with E-state index in [1.165, 1.54) is 43.4 Å². The van der Waals surface area contributed by atoms with Crippen molar-refractivity contribution in [1.29, 1.82) is 0 Å². The summed E-state index contributed by atoms with van der Waals surface area (Å²) in [4.78, 5) is 0. The highest BCUT2D eigenvalue weighted by Crippen LogP contribution is 2.44. The standard InChI is InChI=1S/C48H30/c1-2-9-34(10-3-1)46-40-13-4-6-15-42(40)47(43-16-7-5-14-41(43)46)37-23-19-32(20-24-37)31-17-21-33(22-18-31)39-29-27-38-26-25-35-11-8-12-36-28-30-44(39)48(38)45(35)36/h1-30H/i1D,2D,3D,9D,10D. The first-order valence-corrected chi connectivity index (χ1v) is 16.3. The van der Waals surface area contributed by atoms with Gasteiger partial charge in [-0.05, 0) is 98.4 Å². The van der Waals surface area contributed by atoms with Gasteiger partial charge < -0.3 is 0 Å². The number of benzene rings is 10. The van der Waals surface area contributed by atoms with Crippen LogP contribution in [0.4, 0.5) is 0 Å². The summed E-state index contributed by atoms with van der Waals surface area (Å²) in [5.74, 6) is 0. The smallest absolute Gasteiger partial charge is 0.0622 e. The highest BCUT2D eigenvalue weighted by Gasteiger charge is 2.17. The van der Waals surface area contributed by atoms with Crippen molar-refractivity contribution in [3.63, 3.8) is 0 Å². The Labute approximate surface area is 286 Å². The van der Waals surface area contributed by atoms with Gasteiger partial charge in [0.1, 0.15) is 0 Å². The third-order valence-electron chi connectivity index (χ3n) is 9.91. The number of rotatable bonds is 4. The molecule has 0 nitrogen and oxygen atoms in total. The van der Waals surface area contributed by atoms with Gasteiger partial charge in [-0.25, -0.2) is 0 Å². The summed E-state index contributed by atoms with van der Waals surface area (Å²) in [5.41, 5.74) is 7.60. The molecule has 222 valence electrons. The van der Waals surface area contributed by atoms with Crippen molar-refractivity contribution in [3.8, 4) is 44.5 Å². The Morgan fingerprint density at radius 1 is 0.292 bits per heavy atom. The highest BCUT2D eigenvalue weighted by molar-refractivity contribution is 6.25. The van der Waals surface area contributed by atoms with Crippen LogP contribution in [0.3, 0.4) is 0 Å². The van der Waals surface area contributed by atoms with Gasteiger partial charge in [-0.3, -0.25) is 0 Å². The van der Waals surface area contributed by atoms with E-state index in [2.05, 4.69) is 115 Å². The van der Waals surface area contributed by atoms with E-state index in [-0.39, 0.29) is 29.7 Å². The first-order chi connectivity index (χ1) is 25.9. The lowest BCUT2D eigenvalue weighted by atomic mass is 9.85. The van der Waals surface area contributed by atoms with Gasteiger partial charge >= 0.3 is 0 Å². The molecule has 0 saturated heterocycles. The van der Waals surface area contributed by atoms with Gasteiger partial charge in [0.25, 0.3) is 0 Å².